The first-order chi connectivity index (χ1) is 31.2. The smallest absolute Gasteiger partial charge is 0.161 e. The molecule has 5 nitrogen and oxygen atoms in total. The van der Waals surface area contributed by atoms with Gasteiger partial charge in [-0.15, -0.1) is 0 Å². The Balaban J connectivity index is 0.976. The van der Waals surface area contributed by atoms with Crippen molar-refractivity contribution in [1.29, 1.82) is 0 Å². The molecule has 0 atom stereocenters. The fraction of sp³-hybridized carbons (Fsp3) is 0. The zero-order chi connectivity index (χ0) is 41.4. The third kappa shape index (κ3) is 5.80. The first-order valence-corrected chi connectivity index (χ1v) is 21.8. The van der Waals surface area contributed by atoms with Gasteiger partial charge in [-0.3, -0.25) is 0 Å². The lowest BCUT2D eigenvalue weighted by molar-refractivity contribution is 1.19. The molecule has 13 aromatic rings. The second-order valence-corrected chi connectivity index (χ2v) is 16.6. The topological polar surface area (TPSA) is 64.5 Å². The predicted molar refractivity (Wildman–Crippen MR) is 263 cm³/mol. The van der Waals surface area contributed by atoms with Crippen LogP contribution in [0.25, 0.3) is 132 Å². The lowest BCUT2D eigenvalue weighted by Gasteiger charge is -2.15. The van der Waals surface area contributed by atoms with E-state index in [-0.39, 0.29) is 0 Å². The number of benzene rings is 10. The minimum Gasteiger partial charge on any atom is -0.247 e. The summed E-state index contributed by atoms with van der Waals surface area (Å²) in [4.78, 5) is 16.1. The molecule has 0 radical (unpaired) electrons. The van der Waals surface area contributed by atoms with E-state index < -0.39 is 0 Å². The van der Waals surface area contributed by atoms with Crippen LogP contribution in [0.5, 0.6) is 0 Å². The van der Waals surface area contributed by atoms with Crippen LogP contribution in [0.1, 0.15) is 0 Å². The number of hydrogen-bond acceptors (Lipinski definition) is 6. The zero-order valence-electron chi connectivity index (χ0n) is 33.7. The van der Waals surface area contributed by atoms with Crippen molar-refractivity contribution in [2.24, 2.45) is 0 Å². The molecular formula is C57H33N5S. The molecule has 13 rings (SSSR count). The van der Waals surface area contributed by atoms with Gasteiger partial charge < -0.3 is 0 Å². The maximum Gasteiger partial charge on any atom is 0.161 e. The van der Waals surface area contributed by atoms with Gasteiger partial charge in [-0.05, 0) is 96.7 Å². The lowest BCUT2D eigenvalue weighted by Crippen LogP contribution is -1.98. The quantitative estimate of drug-likeness (QED) is 0.162. The van der Waals surface area contributed by atoms with Gasteiger partial charge >= 0.3 is 0 Å². The summed E-state index contributed by atoms with van der Waals surface area (Å²) in [5.41, 5.74) is 11.8. The molecule has 0 saturated carbocycles. The molecule has 0 fully saturated rings. The molecule has 0 saturated heterocycles. The van der Waals surface area contributed by atoms with E-state index in [2.05, 4.69) is 198 Å². The molecule has 63 heavy (non-hydrogen) atoms. The highest BCUT2D eigenvalue weighted by Crippen LogP contribution is 2.41. The predicted octanol–water partition coefficient (Wildman–Crippen LogP) is 15.1. The van der Waals surface area contributed by atoms with E-state index in [4.69, 9.17) is 19.3 Å². The molecule has 0 bridgehead atoms. The van der Waals surface area contributed by atoms with Crippen LogP contribution in [0.15, 0.2) is 200 Å². The molecule has 0 N–H and O–H groups in total. The van der Waals surface area contributed by atoms with Crippen LogP contribution in [0, 0.1) is 0 Å². The average molecular weight is 820 g/mol. The van der Waals surface area contributed by atoms with E-state index >= 15 is 0 Å². The molecular weight excluding hydrogens is 787 g/mol. The average Bonchev–Trinajstić information content (AvgIpc) is 3.85. The van der Waals surface area contributed by atoms with Crippen LogP contribution in [-0.4, -0.2) is 23.7 Å². The van der Waals surface area contributed by atoms with Crippen molar-refractivity contribution in [2.45, 2.75) is 0 Å². The molecule has 0 aliphatic carbocycles. The highest BCUT2D eigenvalue weighted by atomic mass is 32.1. The van der Waals surface area contributed by atoms with Gasteiger partial charge in [-0.1, -0.05) is 158 Å². The van der Waals surface area contributed by atoms with Gasteiger partial charge in [0.15, 0.2) is 5.82 Å². The maximum atomic E-state index is 5.46. The van der Waals surface area contributed by atoms with Crippen molar-refractivity contribution in [3.05, 3.63) is 200 Å². The third-order valence-corrected chi connectivity index (χ3v) is 13.1. The monoisotopic (exact) mass is 819 g/mol. The minimum atomic E-state index is 0.692. The molecule has 0 aliphatic heterocycles. The highest BCUT2D eigenvalue weighted by Gasteiger charge is 2.19. The van der Waals surface area contributed by atoms with Crippen LogP contribution in [0.2, 0.25) is 0 Å². The Morgan fingerprint density at radius 3 is 1.65 bits per heavy atom. The van der Waals surface area contributed by atoms with E-state index in [1.165, 1.54) is 38.7 Å². The van der Waals surface area contributed by atoms with E-state index in [0.717, 1.165) is 99.3 Å². The Morgan fingerprint density at radius 2 is 0.905 bits per heavy atom. The van der Waals surface area contributed by atoms with E-state index in [0.29, 0.717) is 5.82 Å². The lowest BCUT2D eigenvalue weighted by atomic mass is 9.94. The SMILES string of the molecule is c1cc(-c2ccc(-c3nc4ccccc4c4c3ccc3nsnc34)cc2)cc(-c2cc(-c3cc4ccccc4c4ccccc34)nc(-c3cc4ccccc4c4ccccc34)n2)c1. The molecule has 0 spiro atoms. The Kier molecular flexibility index (Phi) is 8.01. The van der Waals surface area contributed by atoms with Crippen LogP contribution < -0.4 is 0 Å². The zero-order valence-corrected chi connectivity index (χ0v) is 34.5. The number of fused-ring (bicyclic) bond motifs is 11. The van der Waals surface area contributed by atoms with Gasteiger partial charge in [-0.2, -0.15) is 8.75 Å². The molecule has 6 heteroatoms. The number of aromatic nitrogens is 5. The summed E-state index contributed by atoms with van der Waals surface area (Å²) in [6, 6.07) is 71.1. The molecule has 3 heterocycles. The van der Waals surface area contributed by atoms with E-state index in [9.17, 15) is 0 Å². The second-order valence-electron chi connectivity index (χ2n) is 16.1. The Morgan fingerprint density at radius 1 is 0.317 bits per heavy atom. The van der Waals surface area contributed by atoms with Gasteiger partial charge in [0.05, 0.1) is 34.3 Å². The molecule has 3 aromatic heterocycles. The Bertz CT molecular complexity index is 3850. The van der Waals surface area contributed by atoms with Crippen LogP contribution in [-0.2, 0) is 0 Å². The van der Waals surface area contributed by atoms with Crippen molar-refractivity contribution >= 4 is 87.5 Å². The summed E-state index contributed by atoms with van der Waals surface area (Å²) in [7, 11) is 0. The van der Waals surface area contributed by atoms with Crippen molar-refractivity contribution in [2.75, 3.05) is 0 Å². The minimum absolute atomic E-state index is 0.692. The van der Waals surface area contributed by atoms with Crippen molar-refractivity contribution < 1.29 is 0 Å². The van der Waals surface area contributed by atoms with Crippen molar-refractivity contribution in [3.63, 3.8) is 0 Å². The number of para-hydroxylation sites is 1. The van der Waals surface area contributed by atoms with Crippen molar-refractivity contribution in [1.82, 2.24) is 23.7 Å². The highest BCUT2D eigenvalue weighted by molar-refractivity contribution is 7.00. The first kappa shape index (κ1) is 35.6. The van der Waals surface area contributed by atoms with Gasteiger partial charge in [0.25, 0.3) is 0 Å². The number of hydrogen-bond donors (Lipinski definition) is 0. The van der Waals surface area contributed by atoms with E-state index in [1.54, 1.807) is 0 Å². The summed E-state index contributed by atoms with van der Waals surface area (Å²) < 4.78 is 9.25. The fourth-order valence-corrected chi connectivity index (χ4v) is 10.1. The first-order valence-electron chi connectivity index (χ1n) is 21.1. The summed E-state index contributed by atoms with van der Waals surface area (Å²) in [5.74, 6) is 0.692. The fourth-order valence-electron chi connectivity index (χ4n) is 9.54. The maximum absolute atomic E-state index is 5.46. The summed E-state index contributed by atoms with van der Waals surface area (Å²) in [6.07, 6.45) is 0. The van der Waals surface area contributed by atoms with Crippen LogP contribution in [0.4, 0.5) is 0 Å². The number of rotatable bonds is 5. The van der Waals surface area contributed by atoms with Crippen LogP contribution >= 0.6 is 11.7 Å². The van der Waals surface area contributed by atoms with Gasteiger partial charge in [0, 0.05) is 38.4 Å². The standard InChI is InChI=1S/C57H33N5S/c1-3-16-40-37(12-1)31-48(44-20-7-5-18-42(40)44)53-33-52(59-57(60-53)49-32-38-13-2-4-17-41(38)43-19-6-8-21-45(43)49)39-15-11-14-36(30-39)34-24-26-35(27-25-34)55-47-28-29-51-56(62-63-61-51)54(47)46-22-9-10-23-50(46)58-55/h1-33H. The van der Waals surface area contributed by atoms with Gasteiger partial charge in [0.1, 0.15) is 11.0 Å². The second kappa shape index (κ2) is 14.2. The summed E-state index contributed by atoms with van der Waals surface area (Å²) in [6.45, 7) is 0. The van der Waals surface area contributed by atoms with Gasteiger partial charge in [-0.25, -0.2) is 15.0 Å². The summed E-state index contributed by atoms with van der Waals surface area (Å²) >= 11 is 1.25. The Hall–Kier alpha value is -8.19. The third-order valence-electron chi connectivity index (χ3n) is 12.5. The van der Waals surface area contributed by atoms with Crippen molar-refractivity contribution in [3.8, 4) is 56.3 Å². The molecule has 292 valence electrons. The van der Waals surface area contributed by atoms with Crippen LogP contribution in [0.3, 0.4) is 0 Å². The normalized spacial score (nSPS) is 11.8. The summed E-state index contributed by atoms with van der Waals surface area (Å²) in [5, 5.41) is 12.7. The number of nitrogens with zero attached hydrogens (tertiary/aromatic N) is 5. The van der Waals surface area contributed by atoms with E-state index in [1.807, 2.05) is 6.07 Å². The largest absolute Gasteiger partial charge is 0.247 e. The number of pyridine rings is 1. The molecule has 0 unspecified atom stereocenters. The molecule has 0 aliphatic rings. The Labute approximate surface area is 366 Å². The molecule has 0 amide bonds. The van der Waals surface area contributed by atoms with Gasteiger partial charge in [0.2, 0.25) is 0 Å². The molecule has 10 aromatic carbocycles.